The lowest BCUT2D eigenvalue weighted by Crippen LogP contribution is -2.05. The number of rotatable bonds is 11. The molecule has 0 aliphatic rings. The van der Waals surface area contributed by atoms with Crippen molar-refractivity contribution in [3.8, 4) is 33.5 Å². The lowest BCUT2D eigenvalue weighted by Gasteiger charge is -2.12. The predicted octanol–water partition coefficient (Wildman–Crippen LogP) is 5.72. The van der Waals surface area contributed by atoms with Crippen LogP contribution in [0.3, 0.4) is 0 Å². The topological polar surface area (TPSA) is 71.3 Å². The number of benzene rings is 2. The first-order valence-electron chi connectivity index (χ1n) is 10.9. The molecule has 4 aromatic rings. The van der Waals surface area contributed by atoms with E-state index in [9.17, 15) is 0 Å². The third kappa shape index (κ3) is 5.60. The van der Waals surface area contributed by atoms with Crippen molar-refractivity contribution in [3.05, 3.63) is 59.1 Å². The molecule has 34 heavy (non-hydrogen) atoms. The zero-order valence-corrected chi connectivity index (χ0v) is 21.4. The van der Waals surface area contributed by atoms with E-state index in [0.29, 0.717) is 18.1 Å². The van der Waals surface area contributed by atoms with E-state index in [-0.39, 0.29) is 0 Å². The fourth-order valence-electron chi connectivity index (χ4n) is 3.49. The normalized spacial score (nSPS) is 11.1. The van der Waals surface area contributed by atoms with Gasteiger partial charge in [0.15, 0.2) is 22.5 Å². The van der Waals surface area contributed by atoms with Gasteiger partial charge in [-0.05, 0) is 31.5 Å². The minimum Gasteiger partial charge on any atom is -0.493 e. The molecule has 2 aromatic heterocycles. The molecule has 2 aromatic carbocycles. The zero-order chi connectivity index (χ0) is 23.9. The second-order valence-corrected chi connectivity index (χ2v) is 9.47. The van der Waals surface area contributed by atoms with Crippen LogP contribution in [0.15, 0.2) is 53.0 Å². The van der Waals surface area contributed by atoms with Gasteiger partial charge in [-0.2, -0.15) is 0 Å². The van der Waals surface area contributed by atoms with Gasteiger partial charge in [0, 0.05) is 42.5 Å². The molecular formula is C25H28N4O3S2. The van der Waals surface area contributed by atoms with Gasteiger partial charge in [0.05, 0.1) is 19.9 Å². The smallest absolute Gasteiger partial charge is 0.191 e. The van der Waals surface area contributed by atoms with Gasteiger partial charge < -0.3 is 18.8 Å². The van der Waals surface area contributed by atoms with Gasteiger partial charge in [-0.3, -0.25) is 0 Å². The molecule has 0 aliphatic carbocycles. The maximum absolute atomic E-state index is 5.48. The molecule has 4 rings (SSSR count). The molecule has 0 atom stereocenters. The quantitative estimate of drug-likeness (QED) is 0.194. The maximum Gasteiger partial charge on any atom is 0.191 e. The molecule has 0 radical (unpaired) electrons. The van der Waals surface area contributed by atoms with Crippen molar-refractivity contribution in [1.82, 2.24) is 19.7 Å². The summed E-state index contributed by atoms with van der Waals surface area (Å²) in [6.45, 7) is 3.50. The maximum atomic E-state index is 5.48. The molecule has 0 fully saturated rings. The standard InChI is InChI=1S/C25H28N4O3S2/c1-17-6-8-18(9-7-17)24-26-20(15-33-24)16-34-25-28-27-23(29(25)12-5-13-30-2)19-10-11-21(31-3)22(14-19)32-4/h6-11,14-15H,5,12-13,16H2,1-4H3. The molecule has 0 spiro atoms. The lowest BCUT2D eigenvalue weighted by atomic mass is 10.2. The lowest BCUT2D eigenvalue weighted by molar-refractivity contribution is 0.189. The summed E-state index contributed by atoms with van der Waals surface area (Å²) in [5, 5.41) is 13.0. The van der Waals surface area contributed by atoms with Crippen molar-refractivity contribution in [2.24, 2.45) is 0 Å². The Morgan fingerprint density at radius 2 is 1.71 bits per heavy atom. The molecule has 0 saturated carbocycles. The molecule has 178 valence electrons. The number of thiazole rings is 1. The molecule has 0 bridgehead atoms. The summed E-state index contributed by atoms with van der Waals surface area (Å²) < 4.78 is 18.3. The van der Waals surface area contributed by atoms with Crippen LogP contribution in [0.25, 0.3) is 22.0 Å². The second kappa shape index (κ2) is 11.5. The average Bonchev–Trinajstić information content (AvgIpc) is 3.50. The molecule has 9 heteroatoms. The number of aromatic nitrogens is 4. The molecule has 0 amide bonds. The Labute approximate surface area is 208 Å². The van der Waals surface area contributed by atoms with Crippen molar-refractivity contribution >= 4 is 23.1 Å². The van der Waals surface area contributed by atoms with Crippen LogP contribution in [0, 0.1) is 6.92 Å². The third-order valence-electron chi connectivity index (χ3n) is 5.29. The zero-order valence-electron chi connectivity index (χ0n) is 19.8. The summed E-state index contributed by atoms with van der Waals surface area (Å²) in [4.78, 5) is 4.83. The first-order valence-corrected chi connectivity index (χ1v) is 12.8. The molecule has 0 unspecified atom stereocenters. The van der Waals surface area contributed by atoms with E-state index in [2.05, 4.69) is 51.3 Å². The highest BCUT2D eigenvalue weighted by Crippen LogP contribution is 2.34. The molecule has 0 N–H and O–H groups in total. The van der Waals surface area contributed by atoms with Crippen LogP contribution < -0.4 is 9.47 Å². The van der Waals surface area contributed by atoms with Gasteiger partial charge in [0.25, 0.3) is 0 Å². The highest BCUT2D eigenvalue weighted by Gasteiger charge is 2.17. The fraction of sp³-hybridized carbons (Fsp3) is 0.320. The number of nitrogens with zero attached hydrogens (tertiary/aromatic N) is 4. The Morgan fingerprint density at radius 3 is 2.44 bits per heavy atom. The molecule has 2 heterocycles. The van der Waals surface area contributed by atoms with Crippen LogP contribution in [0.5, 0.6) is 11.5 Å². The van der Waals surface area contributed by atoms with E-state index < -0.39 is 0 Å². The van der Waals surface area contributed by atoms with Crippen molar-refractivity contribution in [2.45, 2.75) is 30.8 Å². The Hall–Kier alpha value is -2.88. The molecular weight excluding hydrogens is 468 g/mol. The summed E-state index contributed by atoms with van der Waals surface area (Å²) in [5.74, 6) is 2.85. The summed E-state index contributed by atoms with van der Waals surface area (Å²) >= 11 is 3.30. The second-order valence-electron chi connectivity index (χ2n) is 7.67. The highest BCUT2D eigenvalue weighted by molar-refractivity contribution is 7.98. The fourth-order valence-corrected chi connectivity index (χ4v) is 5.28. The monoisotopic (exact) mass is 496 g/mol. The van der Waals surface area contributed by atoms with Crippen LogP contribution in [0.4, 0.5) is 0 Å². The number of hydrogen-bond donors (Lipinski definition) is 0. The Morgan fingerprint density at radius 1 is 0.941 bits per heavy atom. The van der Waals surface area contributed by atoms with Crippen molar-refractivity contribution in [2.75, 3.05) is 27.9 Å². The van der Waals surface area contributed by atoms with Crippen molar-refractivity contribution in [3.63, 3.8) is 0 Å². The number of thioether (sulfide) groups is 1. The number of aryl methyl sites for hydroxylation is 1. The van der Waals surface area contributed by atoms with E-state index in [1.807, 2.05) is 18.2 Å². The van der Waals surface area contributed by atoms with Crippen LogP contribution >= 0.6 is 23.1 Å². The Kier molecular flexibility index (Phi) is 8.21. The number of ether oxygens (including phenoxy) is 3. The van der Waals surface area contributed by atoms with Crippen molar-refractivity contribution in [1.29, 1.82) is 0 Å². The SMILES string of the molecule is COCCCn1c(SCc2csc(-c3ccc(C)cc3)n2)nnc1-c1ccc(OC)c(OC)c1. The van der Waals surface area contributed by atoms with Crippen LogP contribution in [0.2, 0.25) is 0 Å². The highest BCUT2D eigenvalue weighted by atomic mass is 32.2. The molecule has 7 nitrogen and oxygen atoms in total. The number of methoxy groups -OCH3 is 3. The first-order chi connectivity index (χ1) is 16.6. The van der Waals surface area contributed by atoms with Crippen LogP contribution in [-0.4, -0.2) is 47.7 Å². The van der Waals surface area contributed by atoms with Gasteiger partial charge in [-0.15, -0.1) is 21.5 Å². The van der Waals surface area contributed by atoms with Gasteiger partial charge in [-0.1, -0.05) is 41.6 Å². The largest absolute Gasteiger partial charge is 0.493 e. The van der Waals surface area contributed by atoms with E-state index >= 15 is 0 Å². The first kappa shape index (κ1) is 24.3. The van der Waals surface area contributed by atoms with Crippen LogP contribution in [0.1, 0.15) is 17.7 Å². The predicted molar refractivity (Wildman–Crippen MR) is 137 cm³/mol. The third-order valence-corrected chi connectivity index (χ3v) is 7.23. The Bertz CT molecular complexity index is 1220. The minimum atomic E-state index is 0.659. The van der Waals surface area contributed by atoms with Crippen LogP contribution in [-0.2, 0) is 17.0 Å². The van der Waals surface area contributed by atoms with E-state index in [0.717, 1.165) is 51.5 Å². The van der Waals surface area contributed by atoms with Gasteiger partial charge in [0.1, 0.15) is 5.01 Å². The summed E-state index contributed by atoms with van der Waals surface area (Å²) in [6, 6.07) is 14.3. The minimum absolute atomic E-state index is 0.659. The van der Waals surface area contributed by atoms with Gasteiger partial charge >= 0.3 is 0 Å². The summed E-state index contributed by atoms with van der Waals surface area (Å²) in [5.41, 5.74) is 4.34. The summed E-state index contributed by atoms with van der Waals surface area (Å²) in [6.07, 6.45) is 0.858. The van der Waals surface area contributed by atoms with Gasteiger partial charge in [0.2, 0.25) is 0 Å². The molecule has 0 aliphatic heterocycles. The van der Waals surface area contributed by atoms with E-state index in [1.165, 1.54) is 5.56 Å². The average molecular weight is 497 g/mol. The van der Waals surface area contributed by atoms with E-state index in [4.69, 9.17) is 19.2 Å². The number of hydrogen-bond acceptors (Lipinski definition) is 8. The van der Waals surface area contributed by atoms with E-state index in [1.54, 1.807) is 44.4 Å². The van der Waals surface area contributed by atoms with Crippen molar-refractivity contribution < 1.29 is 14.2 Å². The summed E-state index contributed by atoms with van der Waals surface area (Å²) in [7, 11) is 4.97. The van der Waals surface area contributed by atoms with Gasteiger partial charge in [-0.25, -0.2) is 4.98 Å². The Balaban J connectivity index is 1.55. The molecule has 0 saturated heterocycles.